The summed E-state index contributed by atoms with van der Waals surface area (Å²) in [5.41, 5.74) is -2.22. The first kappa shape index (κ1) is 24.2. The van der Waals surface area contributed by atoms with Gasteiger partial charge in [0.2, 0.25) is 5.82 Å². The van der Waals surface area contributed by atoms with Gasteiger partial charge in [-0.1, -0.05) is 24.6 Å². The van der Waals surface area contributed by atoms with Crippen molar-refractivity contribution in [2.24, 2.45) is 5.92 Å². The number of aromatic nitrogens is 2. The number of hydrogen-bond donors (Lipinski definition) is 2. The number of fused-ring (bicyclic) bond motifs is 1. The Balaban J connectivity index is 1.79. The zero-order valence-corrected chi connectivity index (χ0v) is 18.8. The lowest BCUT2D eigenvalue weighted by atomic mass is 9.77. The predicted octanol–water partition coefficient (Wildman–Crippen LogP) is 5.58. The summed E-state index contributed by atoms with van der Waals surface area (Å²) in [6.45, 7) is 2.06. The van der Waals surface area contributed by atoms with E-state index in [2.05, 4.69) is 15.3 Å². The Morgan fingerprint density at radius 1 is 1.29 bits per heavy atom. The Morgan fingerprint density at radius 3 is 2.65 bits per heavy atom. The van der Waals surface area contributed by atoms with Crippen LogP contribution in [0.2, 0.25) is 5.15 Å². The van der Waals surface area contributed by atoms with Gasteiger partial charge in [-0.05, 0) is 19.1 Å². The highest BCUT2D eigenvalue weighted by Gasteiger charge is 2.65. The van der Waals surface area contributed by atoms with Crippen LogP contribution in [0.5, 0.6) is 5.75 Å². The number of pyridine rings is 1. The van der Waals surface area contributed by atoms with Crippen LogP contribution in [-0.2, 0) is 9.53 Å². The van der Waals surface area contributed by atoms with Crippen LogP contribution in [0.4, 0.5) is 27.6 Å². The van der Waals surface area contributed by atoms with E-state index in [4.69, 9.17) is 21.1 Å². The SMILES string of the molecule is COc1c([C@H]2[C@H](C(=O)Nc3c[nH]c4c(Cl)nccc34)O[C@@](C)(C(F)(F)F)[C@H]2C)ccc(F)c1F. The third-order valence-electron chi connectivity index (χ3n) is 6.38. The van der Waals surface area contributed by atoms with Gasteiger partial charge in [-0.2, -0.15) is 17.6 Å². The summed E-state index contributed by atoms with van der Waals surface area (Å²) in [5.74, 6) is -6.78. The Kier molecular flexibility index (Phi) is 5.97. The second kappa shape index (κ2) is 8.38. The van der Waals surface area contributed by atoms with Gasteiger partial charge in [-0.3, -0.25) is 4.79 Å². The number of rotatable bonds is 4. The van der Waals surface area contributed by atoms with Crippen LogP contribution in [0, 0.1) is 17.6 Å². The van der Waals surface area contributed by atoms with Crippen molar-refractivity contribution in [3.63, 3.8) is 0 Å². The van der Waals surface area contributed by atoms with Gasteiger partial charge in [-0.15, -0.1) is 0 Å². The summed E-state index contributed by atoms with van der Waals surface area (Å²) in [6.07, 6.45) is -3.75. The average molecular weight is 504 g/mol. The molecule has 1 amide bonds. The van der Waals surface area contributed by atoms with Crippen molar-refractivity contribution in [2.45, 2.75) is 37.6 Å². The zero-order valence-electron chi connectivity index (χ0n) is 18.1. The Morgan fingerprint density at radius 2 is 2.00 bits per heavy atom. The minimum Gasteiger partial charge on any atom is -0.493 e. The van der Waals surface area contributed by atoms with E-state index in [0.29, 0.717) is 10.9 Å². The largest absolute Gasteiger partial charge is 0.493 e. The molecule has 0 bridgehead atoms. The van der Waals surface area contributed by atoms with Crippen LogP contribution in [0.25, 0.3) is 10.9 Å². The maximum atomic E-state index is 14.4. The number of benzene rings is 1. The summed E-state index contributed by atoms with van der Waals surface area (Å²) in [6, 6.07) is 3.43. The van der Waals surface area contributed by atoms with E-state index >= 15 is 0 Å². The molecule has 0 spiro atoms. The number of halogens is 6. The van der Waals surface area contributed by atoms with E-state index in [1.165, 1.54) is 19.3 Å². The van der Waals surface area contributed by atoms with Gasteiger partial charge < -0.3 is 19.8 Å². The lowest BCUT2D eigenvalue weighted by Crippen LogP contribution is -2.47. The van der Waals surface area contributed by atoms with Gasteiger partial charge in [0.1, 0.15) is 6.10 Å². The molecule has 1 saturated heterocycles. The van der Waals surface area contributed by atoms with Gasteiger partial charge in [0.05, 0.1) is 18.3 Å². The Labute approximate surface area is 195 Å². The van der Waals surface area contributed by atoms with Gasteiger partial charge in [0.15, 0.2) is 22.3 Å². The molecule has 0 unspecified atom stereocenters. The molecule has 3 heterocycles. The third-order valence-corrected chi connectivity index (χ3v) is 6.67. The smallest absolute Gasteiger partial charge is 0.417 e. The van der Waals surface area contributed by atoms with Crippen molar-refractivity contribution < 1.29 is 36.2 Å². The van der Waals surface area contributed by atoms with E-state index in [0.717, 1.165) is 26.2 Å². The van der Waals surface area contributed by atoms with E-state index in [1.54, 1.807) is 6.07 Å². The Hall–Kier alpha value is -2.92. The molecule has 6 nitrogen and oxygen atoms in total. The summed E-state index contributed by atoms with van der Waals surface area (Å²) in [5, 5.41) is 3.16. The second-order valence-electron chi connectivity index (χ2n) is 8.16. The van der Waals surface area contributed by atoms with Crippen LogP contribution < -0.4 is 10.1 Å². The van der Waals surface area contributed by atoms with Crippen molar-refractivity contribution in [3.8, 4) is 5.75 Å². The van der Waals surface area contributed by atoms with E-state index in [-0.39, 0.29) is 16.4 Å². The lowest BCUT2D eigenvalue weighted by molar-refractivity contribution is -0.272. The molecule has 4 atom stereocenters. The number of aromatic amines is 1. The molecular formula is C22H19ClF5N3O3. The molecule has 0 aliphatic carbocycles. The highest BCUT2D eigenvalue weighted by atomic mass is 35.5. The van der Waals surface area contributed by atoms with Crippen molar-refractivity contribution in [2.75, 3.05) is 12.4 Å². The summed E-state index contributed by atoms with van der Waals surface area (Å²) >= 11 is 6.02. The second-order valence-corrected chi connectivity index (χ2v) is 8.52. The minimum atomic E-state index is -4.86. The number of nitrogens with one attached hydrogen (secondary N) is 2. The predicted molar refractivity (Wildman–Crippen MR) is 114 cm³/mol. The molecule has 0 saturated carbocycles. The zero-order chi connectivity index (χ0) is 25.0. The highest BCUT2D eigenvalue weighted by molar-refractivity contribution is 6.34. The number of anilines is 1. The lowest BCUT2D eigenvalue weighted by Gasteiger charge is -2.32. The molecular weight excluding hydrogens is 485 g/mol. The van der Waals surface area contributed by atoms with Crippen molar-refractivity contribution in [1.82, 2.24) is 9.97 Å². The first-order valence-corrected chi connectivity index (χ1v) is 10.5. The maximum Gasteiger partial charge on any atom is 0.417 e. The molecule has 34 heavy (non-hydrogen) atoms. The molecule has 12 heteroatoms. The highest BCUT2D eigenvalue weighted by Crippen LogP contribution is 2.55. The van der Waals surface area contributed by atoms with Crippen LogP contribution in [-0.4, -0.2) is 40.9 Å². The average Bonchev–Trinajstić information content (AvgIpc) is 3.30. The summed E-state index contributed by atoms with van der Waals surface area (Å²) < 4.78 is 80.6. The van der Waals surface area contributed by atoms with Gasteiger partial charge in [-0.25, -0.2) is 9.37 Å². The molecule has 1 aliphatic heterocycles. The van der Waals surface area contributed by atoms with Crippen LogP contribution in [0.1, 0.15) is 25.3 Å². The summed E-state index contributed by atoms with van der Waals surface area (Å²) in [4.78, 5) is 20.0. The molecule has 2 N–H and O–H groups in total. The third kappa shape index (κ3) is 3.67. The van der Waals surface area contributed by atoms with Crippen LogP contribution in [0.15, 0.2) is 30.6 Å². The molecule has 3 aromatic rings. The number of H-pyrrole nitrogens is 1. The molecule has 182 valence electrons. The first-order valence-electron chi connectivity index (χ1n) is 10.1. The van der Waals surface area contributed by atoms with Crippen molar-refractivity contribution in [1.29, 1.82) is 0 Å². The van der Waals surface area contributed by atoms with Crippen LogP contribution >= 0.6 is 11.6 Å². The number of amides is 1. The first-order chi connectivity index (χ1) is 15.9. The molecule has 4 rings (SSSR count). The summed E-state index contributed by atoms with van der Waals surface area (Å²) in [7, 11) is 1.06. The quantitative estimate of drug-likeness (QED) is 0.360. The molecule has 2 aromatic heterocycles. The number of carbonyl (C=O) groups excluding carboxylic acids is 1. The molecule has 1 fully saturated rings. The normalized spacial score (nSPS) is 25.0. The number of ether oxygens (including phenoxy) is 2. The molecule has 1 aromatic carbocycles. The number of nitrogens with zero attached hydrogens (tertiary/aromatic N) is 1. The maximum absolute atomic E-state index is 14.4. The number of methoxy groups -OCH3 is 1. The van der Waals surface area contributed by atoms with Gasteiger partial charge in [0, 0.05) is 35.2 Å². The van der Waals surface area contributed by atoms with E-state index in [1.807, 2.05) is 0 Å². The monoisotopic (exact) mass is 503 g/mol. The number of hydrogen-bond acceptors (Lipinski definition) is 4. The number of carbonyl (C=O) groups is 1. The molecule has 1 aliphatic rings. The van der Waals surface area contributed by atoms with Gasteiger partial charge >= 0.3 is 6.18 Å². The van der Waals surface area contributed by atoms with Crippen molar-refractivity contribution in [3.05, 3.63) is 52.9 Å². The fraction of sp³-hybridized carbons (Fsp3) is 0.364. The standard InChI is InChI=1S/C22H19ClF5N3O3/c1-9-14(11-4-5-12(24)15(25)17(11)33-3)18(34-21(9,2)22(26,27)28)20(32)31-13-8-30-16-10(13)6-7-29-19(16)23/h4-9,14,18,30H,1-3H3,(H,31,32)/t9-,14-,18+,21+/m0/s1. The molecule has 0 radical (unpaired) electrons. The van der Waals surface area contributed by atoms with Crippen LogP contribution in [0.3, 0.4) is 0 Å². The topological polar surface area (TPSA) is 76.2 Å². The van der Waals surface area contributed by atoms with Gasteiger partial charge in [0.25, 0.3) is 5.91 Å². The Bertz CT molecular complexity index is 1260. The van der Waals surface area contributed by atoms with E-state index < -0.39 is 53.0 Å². The fourth-order valence-electron chi connectivity index (χ4n) is 4.37. The van der Waals surface area contributed by atoms with E-state index in [9.17, 15) is 26.7 Å². The minimum absolute atomic E-state index is 0.117. The number of alkyl halides is 3. The van der Waals surface area contributed by atoms with Crippen molar-refractivity contribution >= 4 is 34.1 Å². The fourth-order valence-corrected chi connectivity index (χ4v) is 4.58.